The fraction of sp³-hybridized carbons (Fsp3) is 0.278. The summed E-state index contributed by atoms with van der Waals surface area (Å²) in [7, 11) is 1.68. The zero-order valence-corrected chi connectivity index (χ0v) is 12.1. The highest BCUT2D eigenvalue weighted by molar-refractivity contribution is 5.69. The molecule has 0 radical (unpaired) electrons. The summed E-state index contributed by atoms with van der Waals surface area (Å²) in [6.45, 7) is 0.827. The maximum atomic E-state index is 9.06. The Balaban J connectivity index is 1.96. The maximum absolute atomic E-state index is 9.06. The SMILES string of the molecule is COc1ccc(-c2cccc(C#N)c2)c(CNC2CC2)c1. The summed E-state index contributed by atoms with van der Waals surface area (Å²) in [6.07, 6.45) is 2.53. The lowest BCUT2D eigenvalue weighted by atomic mass is 9.98. The summed E-state index contributed by atoms with van der Waals surface area (Å²) in [5, 5.41) is 12.6. The van der Waals surface area contributed by atoms with Gasteiger partial charge in [-0.15, -0.1) is 0 Å². The Labute approximate surface area is 125 Å². The highest BCUT2D eigenvalue weighted by Gasteiger charge is 2.20. The molecule has 106 valence electrons. The molecule has 0 spiro atoms. The number of hydrogen-bond donors (Lipinski definition) is 1. The molecule has 0 saturated heterocycles. The van der Waals surface area contributed by atoms with E-state index in [-0.39, 0.29) is 0 Å². The van der Waals surface area contributed by atoms with Crippen LogP contribution in [0, 0.1) is 11.3 Å². The van der Waals surface area contributed by atoms with Crippen molar-refractivity contribution in [1.29, 1.82) is 5.26 Å². The van der Waals surface area contributed by atoms with Crippen molar-refractivity contribution < 1.29 is 4.74 Å². The molecule has 1 N–H and O–H groups in total. The molecule has 3 rings (SSSR count). The van der Waals surface area contributed by atoms with Crippen LogP contribution in [0.3, 0.4) is 0 Å². The average Bonchev–Trinajstić information content (AvgIpc) is 3.37. The fourth-order valence-corrected chi connectivity index (χ4v) is 2.42. The summed E-state index contributed by atoms with van der Waals surface area (Å²) >= 11 is 0. The zero-order valence-electron chi connectivity index (χ0n) is 12.1. The van der Waals surface area contributed by atoms with Gasteiger partial charge in [0, 0.05) is 12.6 Å². The van der Waals surface area contributed by atoms with Crippen LogP contribution in [0.1, 0.15) is 24.0 Å². The lowest BCUT2D eigenvalue weighted by molar-refractivity contribution is 0.414. The number of hydrogen-bond acceptors (Lipinski definition) is 3. The molecular formula is C18H18N2O. The van der Waals surface area contributed by atoms with E-state index in [1.165, 1.54) is 18.4 Å². The molecule has 2 aromatic carbocycles. The van der Waals surface area contributed by atoms with Gasteiger partial charge in [-0.3, -0.25) is 0 Å². The minimum Gasteiger partial charge on any atom is -0.497 e. The Morgan fingerprint density at radius 1 is 1.24 bits per heavy atom. The van der Waals surface area contributed by atoms with Crippen molar-refractivity contribution in [3.8, 4) is 22.9 Å². The molecule has 0 unspecified atom stereocenters. The van der Waals surface area contributed by atoms with Crippen LogP contribution in [0.2, 0.25) is 0 Å². The normalized spacial score (nSPS) is 13.7. The van der Waals surface area contributed by atoms with Gasteiger partial charge in [0.05, 0.1) is 18.7 Å². The van der Waals surface area contributed by atoms with E-state index in [2.05, 4.69) is 23.5 Å². The first-order valence-corrected chi connectivity index (χ1v) is 7.21. The Bertz CT molecular complexity index is 684. The number of rotatable bonds is 5. The van der Waals surface area contributed by atoms with Crippen LogP contribution >= 0.6 is 0 Å². The molecule has 1 aliphatic rings. The predicted molar refractivity (Wildman–Crippen MR) is 83.0 cm³/mol. The van der Waals surface area contributed by atoms with Crippen molar-refractivity contribution in [2.75, 3.05) is 7.11 Å². The topological polar surface area (TPSA) is 45.0 Å². The molecule has 3 heteroatoms. The summed E-state index contributed by atoms with van der Waals surface area (Å²) in [4.78, 5) is 0. The third-order valence-electron chi connectivity index (χ3n) is 3.77. The maximum Gasteiger partial charge on any atom is 0.119 e. The lowest BCUT2D eigenvalue weighted by Crippen LogP contribution is -2.16. The van der Waals surface area contributed by atoms with Crippen LogP contribution < -0.4 is 10.1 Å². The van der Waals surface area contributed by atoms with Crippen LogP contribution in [-0.2, 0) is 6.54 Å². The predicted octanol–water partition coefficient (Wildman–Crippen LogP) is 3.49. The van der Waals surface area contributed by atoms with Gasteiger partial charge in [-0.25, -0.2) is 0 Å². The fourth-order valence-electron chi connectivity index (χ4n) is 2.42. The third-order valence-corrected chi connectivity index (χ3v) is 3.77. The Morgan fingerprint density at radius 2 is 2.10 bits per heavy atom. The second-order valence-corrected chi connectivity index (χ2v) is 5.37. The summed E-state index contributed by atoms with van der Waals surface area (Å²) in [5.41, 5.74) is 4.12. The first-order chi connectivity index (χ1) is 10.3. The minimum atomic E-state index is 0.662. The van der Waals surface area contributed by atoms with Gasteiger partial charge in [-0.2, -0.15) is 5.26 Å². The molecular weight excluding hydrogens is 260 g/mol. The summed E-state index contributed by atoms with van der Waals surface area (Å²) in [5.74, 6) is 0.864. The molecule has 0 heterocycles. The molecule has 21 heavy (non-hydrogen) atoms. The number of benzene rings is 2. The molecule has 1 aliphatic carbocycles. The number of nitriles is 1. The van der Waals surface area contributed by atoms with E-state index < -0.39 is 0 Å². The van der Waals surface area contributed by atoms with Crippen molar-refractivity contribution in [1.82, 2.24) is 5.32 Å². The van der Waals surface area contributed by atoms with Crippen LogP contribution in [0.15, 0.2) is 42.5 Å². The molecule has 0 bridgehead atoms. The Hall–Kier alpha value is -2.31. The van der Waals surface area contributed by atoms with Gasteiger partial charge >= 0.3 is 0 Å². The smallest absolute Gasteiger partial charge is 0.119 e. The van der Waals surface area contributed by atoms with Crippen LogP contribution in [-0.4, -0.2) is 13.2 Å². The third kappa shape index (κ3) is 3.24. The van der Waals surface area contributed by atoms with Gasteiger partial charge in [0.15, 0.2) is 0 Å². The minimum absolute atomic E-state index is 0.662. The number of nitrogens with zero attached hydrogens (tertiary/aromatic N) is 1. The van der Waals surface area contributed by atoms with E-state index in [0.29, 0.717) is 11.6 Å². The molecule has 0 aliphatic heterocycles. The van der Waals surface area contributed by atoms with Crippen molar-refractivity contribution in [3.63, 3.8) is 0 Å². The van der Waals surface area contributed by atoms with E-state index in [4.69, 9.17) is 10.00 Å². The molecule has 3 nitrogen and oxygen atoms in total. The molecule has 1 fully saturated rings. The monoisotopic (exact) mass is 278 g/mol. The van der Waals surface area contributed by atoms with E-state index in [9.17, 15) is 0 Å². The number of ether oxygens (including phenoxy) is 1. The van der Waals surface area contributed by atoms with Gasteiger partial charge in [0.25, 0.3) is 0 Å². The molecule has 0 aromatic heterocycles. The molecule has 0 atom stereocenters. The second kappa shape index (κ2) is 5.99. The molecule has 2 aromatic rings. The molecule has 0 amide bonds. The highest BCUT2D eigenvalue weighted by Crippen LogP contribution is 2.29. The number of nitrogens with one attached hydrogen (secondary N) is 1. The van der Waals surface area contributed by atoms with Crippen molar-refractivity contribution in [3.05, 3.63) is 53.6 Å². The van der Waals surface area contributed by atoms with Gasteiger partial charge in [-0.05, 0) is 53.8 Å². The van der Waals surface area contributed by atoms with Crippen LogP contribution in [0.25, 0.3) is 11.1 Å². The van der Waals surface area contributed by atoms with Crippen LogP contribution in [0.4, 0.5) is 0 Å². The lowest BCUT2D eigenvalue weighted by Gasteiger charge is -2.13. The van der Waals surface area contributed by atoms with E-state index >= 15 is 0 Å². The first-order valence-electron chi connectivity index (χ1n) is 7.21. The highest BCUT2D eigenvalue weighted by atomic mass is 16.5. The standard InChI is InChI=1S/C18H18N2O/c1-21-17-7-8-18(14-4-2-3-13(9-14)11-19)15(10-17)12-20-16-5-6-16/h2-4,7-10,16,20H,5-6,12H2,1H3. The van der Waals surface area contributed by atoms with E-state index in [1.807, 2.05) is 30.3 Å². The molecule has 1 saturated carbocycles. The Kier molecular flexibility index (Phi) is 3.89. The van der Waals surface area contributed by atoms with Gasteiger partial charge in [-0.1, -0.05) is 18.2 Å². The van der Waals surface area contributed by atoms with Crippen LogP contribution in [0.5, 0.6) is 5.75 Å². The van der Waals surface area contributed by atoms with Crippen molar-refractivity contribution >= 4 is 0 Å². The zero-order chi connectivity index (χ0) is 14.7. The van der Waals surface area contributed by atoms with Gasteiger partial charge in [0.1, 0.15) is 5.75 Å². The summed E-state index contributed by atoms with van der Waals surface area (Å²) in [6, 6.07) is 16.7. The second-order valence-electron chi connectivity index (χ2n) is 5.37. The quantitative estimate of drug-likeness (QED) is 0.910. The van der Waals surface area contributed by atoms with E-state index in [0.717, 1.165) is 23.4 Å². The van der Waals surface area contributed by atoms with Crippen molar-refractivity contribution in [2.24, 2.45) is 0 Å². The van der Waals surface area contributed by atoms with Gasteiger partial charge in [0.2, 0.25) is 0 Å². The van der Waals surface area contributed by atoms with Crippen molar-refractivity contribution in [2.45, 2.75) is 25.4 Å². The largest absolute Gasteiger partial charge is 0.497 e. The first kappa shape index (κ1) is 13.7. The van der Waals surface area contributed by atoms with E-state index in [1.54, 1.807) is 7.11 Å². The average molecular weight is 278 g/mol. The van der Waals surface area contributed by atoms with Gasteiger partial charge < -0.3 is 10.1 Å². The Morgan fingerprint density at radius 3 is 2.81 bits per heavy atom. The summed E-state index contributed by atoms with van der Waals surface area (Å²) < 4.78 is 5.33. The number of methoxy groups -OCH3 is 1.